The quantitative estimate of drug-likeness (QED) is 0.618. The minimum Gasteiger partial charge on any atom is -0.468 e. The molecule has 0 saturated carbocycles. The maximum Gasteiger partial charge on any atom is 0.323 e. The van der Waals surface area contributed by atoms with Gasteiger partial charge in [0.15, 0.2) is 0 Å². The molecule has 0 bridgehead atoms. The summed E-state index contributed by atoms with van der Waals surface area (Å²) in [6.45, 7) is 0. The van der Waals surface area contributed by atoms with Gasteiger partial charge in [0.05, 0.1) is 7.11 Å². The highest BCUT2D eigenvalue weighted by molar-refractivity contribution is 8.00. The molecule has 2 aromatic carbocycles. The van der Waals surface area contributed by atoms with Crippen LogP contribution in [-0.2, 0) is 9.53 Å². The number of esters is 1. The van der Waals surface area contributed by atoms with Crippen molar-refractivity contribution in [2.45, 2.75) is 10.1 Å². The van der Waals surface area contributed by atoms with Crippen LogP contribution in [0.15, 0.2) is 65.6 Å². The summed E-state index contributed by atoms with van der Waals surface area (Å²) in [7, 11) is 1.42. The van der Waals surface area contributed by atoms with Gasteiger partial charge in [0.25, 0.3) is 0 Å². The monoisotopic (exact) mass is 258 g/mol. The Bertz CT molecular complexity index is 496. The van der Waals surface area contributed by atoms with Gasteiger partial charge in [-0.1, -0.05) is 48.5 Å². The van der Waals surface area contributed by atoms with E-state index in [1.165, 1.54) is 18.9 Å². The molecule has 0 fully saturated rings. The fourth-order valence-corrected chi connectivity index (χ4v) is 2.69. The van der Waals surface area contributed by atoms with E-state index in [9.17, 15) is 4.79 Å². The average Bonchev–Trinajstić information content (AvgIpc) is 2.46. The molecule has 2 nitrogen and oxygen atoms in total. The average molecular weight is 258 g/mol. The highest BCUT2D eigenvalue weighted by atomic mass is 32.2. The van der Waals surface area contributed by atoms with Crippen LogP contribution in [0.5, 0.6) is 0 Å². The number of hydrogen-bond acceptors (Lipinski definition) is 3. The first-order chi connectivity index (χ1) is 8.81. The molecule has 0 heterocycles. The molecule has 0 radical (unpaired) electrons. The molecule has 0 aliphatic rings. The Hall–Kier alpha value is -1.74. The van der Waals surface area contributed by atoms with Crippen molar-refractivity contribution >= 4 is 17.7 Å². The molecule has 0 aliphatic carbocycles. The number of thioether (sulfide) groups is 1. The lowest BCUT2D eigenvalue weighted by Gasteiger charge is -2.14. The Labute approximate surface area is 111 Å². The first kappa shape index (κ1) is 12.7. The second kappa shape index (κ2) is 6.26. The normalized spacial score (nSPS) is 11.8. The molecule has 3 heteroatoms. The molecule has 0 saturated heterocycles. The molecule has 2 rings (SSSR count). The lowest BCUT2D eigenvalue weighted by molar-refractivity contribution is -0.140. The van der Waals surface area contributed by atoms with Gasteiger partial charge in [-0.3, -0.25) is 4.79 Å². The summed E-state index contributed by atoms with van der Waals surface area (Å²) in [5, 5.41) is -0.321. The van der Waals surface area contributed by atoms with Gasteiger partial charge in [0.1, 0.15) is 5.25 Å². The molecule has 0 unspecified atom stereocenters. The van der Waals surface area contributed by atoms with Crippen molar-refractivity contribution < 1.29 is 9.53 Å². The van der Waals surface area contributed by atoms with Crippen LogP contribution in [0.1, 0.15) is 10.8 Å². The van der Waals surface area contributed by atoms with E-state index < -0.39 is 0 Å². The highest BCUT2D eigenvalue weighted by Crippen LogP contribution is 2.35. The number of rotatable bonds is 4. The summed E-state index contributed by atoms with van der Waals surface area (Å²) in [6.07, 6.45) is 0. The number of benzene rings is 2. The minimum absolute atomic E-state index is 0.227. The molecule has 0 aromatic heterocycles. The van der Waals surface area contributed by atoms with Gasteiger partial charge in [-0.25, -0.2) is 0 Å². The minimum atomic E-state index is -0.321. The Kier molecular flexibility index (Phi) is 4.42. The zero-order valence-electron chi connectivity index (χ0n) is 10.1. The topological polar surface area (TPSA) is 26.3 Å². The summed E-state index contributed by atoms with van der Waals surface area (Å²) in [6, 6.07) is 19.5. The van der Waals surface area contributed by atoms with Gasteiger partial charge in [-0.05, 0) is 17.7 Å². The van der Waals surface area contributed by atoms with Gasteiger partial charge in [0, 0.05) is 4.90 Å². The van der Waals surface area contributed by atoms with E-state index in [1.54, 1.807) is 0 Å². The van der Waals surface area contributed by atoms with Crippen LogP contribution in [-0.4, -0.2) is 13.1 Å². The lowest BCUT2D eigenvalue weighted by atomic mass is 10.1. The molecule has 0 spiro atoms. The number of methoxy groups -OCH3 is 1. The van der Waals surface area contributed by atoms with Crippen molar-refractivity contribution in [1.29, 1.82) is 0 Å². The third kappa shape index (κ3) is 3.14. The van der Waals surface area contributed by atoms with Gasteiger partial charge in [-0.2, -0.15) is 0 Å². The zero-order valence-corrected chi connectivity index (χ0v) is 10.9. The number of hydrogen-bond donors (Lipinski definition) is 0. The van der Waals surface area contributed by atoms with E-state index in [2.05, 4.69) is 0 Å². The Morgan fingerprint density at radius 2 is 1.56 bits per heavy atom. The zero-order chi connectivity index (χ0) is 12.8. The van der Waals surface area contributed by atoms with E-state index in [0.29, 0.717) is 0 Å². The molecule has 0 aliphatic heterocycles. The van der Waals surface area contributed by atoms with E-state index in [-0.39, 0.29) is 11.2 Å². The van der Waals surface area contributed by atoms with Gasteiger partial charge < -0.3 is 4.74 Å². The largest absolute Gasteiger partial charge is 0.468 e. The fraction of sp³-hybridized carbons (Fsp3) is 0.133. The second-order valence-corrected chi connectivity index (χ2v) is 4.92. The molecule has 1 atom stereocenters. The second-order valence-electron chi connectivity index (χ2n) is 3.74. The summed E-state index contributed by atoms with van der Waals surface area (Å²) in [4.78, 5) is 12.9. The van der Waals surface area contributed by atoms with Crippen molar-refractivity contribution in [2.75, 3.05) is 7.11 Å². The van der Waals surface area contributed by atoms with Crippen LogP contribution in [0.4, 0.5) is 0 Å². The van der Waals surface area contributed by atoms with E-state index in [0.717, 1.165) is 10.5 Å². The van der Waals surface area contributed by atoms with E-state index in [4.69, 9.17) is 4.74 Å². The molecule has 92 valence electrons. The summed E-state index contributed by atoms with van der Waals surface area (Å²) < 4.78 is 4.88. The van der Waals surface area contributed by atoms with Gasteiger partial charge in [0.2, 0.25) is 0 Å². The lowest BCUT2D eigenvalue weighted by Crippen LogP contribution is -2.10. The summed E-state index contributed by atoms with van der Waals surface area (Å²) >= 11 is 1.50. The molecule has 2 aromatic rings. The van der Waals surface area contributed by atoms with Gasteiger partial charge >= 0.3 is 5.97 Å². The molecule has 18 heavy (non-hydrogen) atoms. The maximum atomic E-state index is 11.9. The standard InChI is InChI=1S/C15H14O2S/c1-17-15(16)14(12-8-4-2-5-9-12)18-13-10-6-3-7-11-13/h2-11,14H,1H3/t14-/m1/s1. The van der Waals surface area contributed by atoms with Crippen molar-refractivity contribution in [2.24, 2.45) is 0 Å². The van der Waals surface area contributed by atoms with Crippen LogP contribution in [0.25, 0.3) is 0 Å². The fourth-order valence-electron chi connectivity index (χ4n) is 1.62. The van der Waals surface area contributed by atoms with Crippen molar-refractivity contribution in [3.05, 3.63) is 66.2 Å². The smallest absolute Gasteiger partial charge is 0.323 e. The van der Waals surface area contributed by atoms with Crippen LogP contribution in [0, 0.1) is 0 Å². The van der Waals surface area contributed by atoms with Crippen LogP contribution >= 0.6 is 11.8 Å². The predicted octanol–water partition coefficient (Wildman–Crippen LogP) is 3.69. The number of carbonyl (C=O) groups is 1. The molecule has 0 amide bonds. The summed E-state index contributed by atoms with van der Waals surface area (Å²) in [5.74, 6) is -0.227. The van der Waals surface area contributed by atoms with Crippen LogP contribution < -0.4 is 0 Å². The van der Waals surface area contributed by atoms with E-state index in [1.807, 2.05) is 60.7 Å². The first-order valence-electron chi connectivity index (χ1n) is 5.66. The highest BCUT2D eigenvalue weighted by Gasteiger charge is 2.22. The van der Waals surface area contributed by atoms with Crippen LogP contribution in [0.3, 0.4) is 0 Å². The van der Waals surface area contributed by atoms with E-state index >= 15 is 0 Å². The first-order valence-corrected chi connectivity index (χ1v) is 6.53. The molecular weight excluding hydrogens is 244 g/mol. The van der Waals surface area contributed by atoms with Crippen molar-refractivity contribution in [3.8, 4) is 0 Å². The third-order valence-electron chi connectivity index (χ3n) is 2.51. The maximum absolute atomic E-state index is 11.9. The van der Waals surface area contributed by atoms with Crippen molar-refractivity contribution in [1.82, 2.24) is 0 Å². The molecular formula is C15H14O2S. The van der Waals surface area contributed by atoms with Gasteiger partial charge in [-0.15, -0.1) is 11.8 Å². The predicted molar refractivity (Wildman–Crippen MR) is 73.5 cm³/mol. The summed E-state index contributed by atoms with van der Waals surface area (Å²) in [5.41, 5.74) is 0.957. The Morgan fingerprint density at radius 1 is 1.00 bits per heavy atom. The third-order valence-corrected chi connectivity index (χ3v) is 3.76. The number of carbonyl (C=O) groups excluding carboxylic acids is 1. The van der Waals surface area contributed by atoms with Crippen LogP contribution in [0.2, 0.25) is 0 Å². The Balaban J connectivity index is 2.24. The number of ether oxygens (including phenoxy) is 1. The van der Waals surface area contributed by atoms with Crippen molar-refractivity contribution in [3.63, 3.8) is 0 Å². The molecule has 0 N–H and O–H groups in total. The Morgan fingerprint density at radius 3 is 2.11 bits per heavy atom. The SMILES string of the molecule is COC(=O)[C@H](Sc1ccccc1)c1ccccc1.